The Labute approximate surface area is 113 Å². The number of thioether (sulfide) groups is 1. The Bertz CT molecular complexity index is 445. The van der Waals surface area contributed by atoms with Gasteiger partial charge in [-0.25, -0.2) is 21.6 Å². The molecule has 6 nitrogen and oxygen atoms in total. The maximum atomic E-state index is 11.8. The van der Waals surface area contributed by atoms with Gasteiger partial charge in [0.2, 0.25) is 10.0 Å². The Morgan fingerprint density at radius 2 is 2.06 bits per heavy atom. The van der Waals surface area contributed by atoms with Crippen LogP contribution in [0.5, 0.6) is 0 Å². The summed E-state index contributed by atoms with van der Waals surface area (Å²) < 4.78 is 48.4. The molecule has 108 valence electrons. The Morgan fingerprint density at radius 1 is 1.33 bits per heavy atom. The molecule has 0 aromatic rings. The average molecular weight is 317 g/mol. The SMILES string of the molecule is O=S1(=O)CCC(S(=O)(=O)NCCSCCCO)C1. The smallest absolute Gasteiger partial charge is 0.215 e. The van der Waals surface area contributed by atoms with E-state index in [-0.39, 0.29) is 24.5 Å². The standard InChI is InChI=1S/C9H19NO5S3/c11-4-1-5-16-6-3-10-18(14,15)9-2-7-17(12,13)8-9/h9-11H,1-8H2. The largest absolute Gasteiger partial charge is 0.396 e. The fourth-order valence-electron chi connectivity index (χ4n) is 1.65. The van der Waals surface area contributed by atoms with Gasteiger partial charge >= 0.3 is 0 Å². The summed E-state index contributed by atoms with van der Waals surface area (Å²) in [6.07, 6.45) is 0.883. The van der Waals surface area contributed by atoms with Crippen LogP contribution in [0.3, 0.4) is 0 Å². The number of rotatable bonds is 8. The fourth-order valence-corrected chi connectivity index (χ4v) is 6.64. The third-order valence-electron chi connectivity index (χ3n) is 2.63. The molecular weight excluding hydrogens is 298 g/mol. The molecule has 0 saturated carbocycles. The summed E-state index contributed by atoms with van der Waals surface area (Å²) in [5, 5.41) is 7.76. The van der Waals surface area contributed by atoms with Crippen molar-refractivity contribution in [2.45, 2.75) is 18.1 Å². The fraction of sp³-hybridized carbons (Fsp3) is 1.00. The molecule has 1 saturated heterocycles. The van der Waals surface area contributed by atoms with Gasteiger partial charge in [0, 0.05) is 18.9 Å². The molecule has 0 radical (unpaired) electrons. The first kappa shape index (κ1) is 16.2. The summed E-state index contributed by atoms with van der Waals surface area (Å²) >= 11 is 1.56. The molecule has 0 aromatic heterocycles. The van der Waals surface area contributed by atoms with Crippen molar-refractivity contribution < 1.29 is 21.9 Å². The first-order valence-electron chi connectivity index (χ1n) is 5.75. The molecular formula is C9H19NO5S3. The van der Waals surface area contributed by atoms with Gasteiger partial charge in [0.15, 0.2) is 9.84 Å². The number of aliphatic hydroxyl groups is 1. The van der Waals surface area contributed by atoms with Crippen LogP contribution >= 0.6 is 11.8 Å². The van der Waals surface area contributed by atoms with E-state index in [1.54, 1.807) is 11.8 Å². The van der Waals surface area contributed by atoms with Crippen molar-refractivity contribution in [3.8, 4) is 0 Å². The van der Waals surface area contributed by atoms with E-state index in [0.717, 1.165) is 5.75 Å². The third-order valence-corrected chi connectivity index (χ3v) is 7.56. The normalized spacial score (nSPS) is 23.3. The molecule has 0 bridgehead atoms. The van der Waals surface area contributed by atoms with Gasteiger partial charge in [-0.2, -0.15) is 11.8 Å². The van der Waals surface area contributed by atoms with Crippen molar-refractivity contribution in [1.82, 2.24) is 4.72 Å². The average Bonchev–Trinajstić information content (AvgIpc) is 2.65. The van der Waals surface area contributed by atoms with Crippen molar-refractivity contribution in [3.63, 3.8) is 0 Å². The minimum Gasteiger partial charge on any atom is -0.396 e. The van der Waals surface area contributed by atoms with Gasteiger partial charge in [-0.1, -0.05) is 0 Å². The Kier molecular flexibility index (Phi) is 6.39. The van der Waals surface area contributed by atoms with Crippen LogP contribution in [-0.2, 0) is 19.9 Å². The predicted molar refractivity (Wildman–Crippen MR) is 73.0 cm³/mol. The van der Waals surface area contributed by atoms with Crippen LogP contribution in [0.1, 0.15) is 12.8 Å². The minimum atomic E-state index is -3.52. The van der Waals surface area contributed by atoms with Crippen molar-refractivity contribution >= 4 is 31.6 Å². The summed E-state index contributed by atoms with van der Waals surface area (Å²) in [5.74, 6) is 1.11. The Hall–Kier alpha value is 0.170. The zero-order valence-corrected chi connectivity index (χ0v) is 12.5. The summed E-state index contributed by atoms with van der Waals surface area (Å²) in [5.41, 5.74) is 0. The lowest BCUT2D eigenvalue weighted by molar-refractivity contribution is 0.296. The van der Waals surface area contributed by atoms with Crippen molar-refractivity contribution in [3.05, 3.63) is 0 Å². The predicted octanol–water partition coefficient (Wildman–Crippen LogP) is -0.791. The molecule has 0 aromatic carbocycles. The van der Waals surface area contributed by atoms with E-state index >= 15 is 0 Å². The van der Waals surface area contributed by atoms with Gasteiger partial charge in [-0.3, -0.25) is 0 Å². The van der Waals surface area contributed by atoms with E-state index in [0.29, 0.717) is 18.7 Å². The second kappa shape index (κ2) is 7.09. The van der Waals surface area contributed by atoms with E-state index < -0.39 is 25.1 Å². The summed E-state index contributed by atoms with van der Waals surface area (Å²) in [6, 6.07) is 0. The molecule has 9 heteroatoms. The summed E-state index contributed by atoms with van der Waals surface area (Å²) in [4.78, 5) is 0. The number of aliphatic hydroxyl groups excluding tert-OH is 1. The first-order valence-corrected chi connectivity index (χ1v) is 10.3. The van der Waals surface area contributed by atoms with Gasteiger partial charge < -0.3 is 5.11 Å². The summed E-state index contributed by atoms with van der Waals surface area (Å²) in [7, 11) is -6.69. The number of sulfonamides is 1. The van der Waals surface area contributed by atoms with Crippen molar-refractivity contribution in [1.29, 1.82) is 0 Å². The molecule has 0 spiro atoms. The van der Waals surface area contributed by atoms with Gasteiger partial charge in [0.1, 0.15) is 0 Å². The van der Waals surface area contributed by atoms with Crippen LogP contribution in [0.2, 0.25) is 0 Å². The van der Waals surface area contributed by atoms with Crippen molar-refractivity contribution in [2.75, 3.05) is 36.2 Å². The molecule has 1 heterocycles. The third kappa shape index (κ3) is 5.43. The molecule has 0 aliphatic carbocycles. The van der Waals surface area contributed by atoms with E-state index in [9.17, 15) is 16.8 Å². The Balaban J connectivity index is 2.28. The molecule has 0 amide bonds. The molecule has 1 fully saturated rings. The van der Waals surface area contributed by atoms with E-state index in [4.69, 9.17) is 5.11 Å². The van der Waals surface area contributed by atoms with E-state index in [2.05, 4.69) is 4.72 Å². The van der Waals surface area contributed by atoms with Crippen LogP contribution in [0.4, 0.5) is 0 Å². The molecule has 1 aliphatic rings. The number of sulfone groups is 1. The number of hydrogen-bond acceptors (Lipinski definition) is 6. The Morgan fingerprint density at radius 3 is 2.61 bits per heavy atom. The maximum absolute atomic E-state index is 11.8. The lowest BCUT2D eigenvalue weighted by Crippen LogP contribution is -2.36. The zero-order chi connectivity index (χ0) is 13.6. The molecule has 1 aliphatic heterocycles. The van der Waals surface area contributed by atoms with Gasteiger partial charge in [-0.05, 0) is 18.6 Å². The second-order valence-electron chi connectivity index (χ2n) is 4.15. The molecule has 1 atom stereocenters. The van der Waals surface area contributed by atoms with Crippen LogP contribution in [-0.4, -0.2) is 63.4 Å². The van der Waals surface area contributed by atoms with Crippen LogP contribution < -0.4 is 4.72 Å². The van der Waals surface area contributed by atoms with Crippen LogP contribution in [0.25, 0.3) is 0 Å². The van der Waals surface area contributed by atoms with Crippen molar-refractivity contribution in [2.24, 2.45) is 0 Å². The van der Waals surface area contributed by atoms with Crippen LogP contribution in [0.15, 0.2) is 0 Å². The highest BCUT2D eigenvalue weighted by Gasteiger charge is 2.36. The second-order valence-corrected chi connectivity index (χ2v) is 9.65. The van der Waals surface area contributed by atoms with E-state index in [1.807, 2.05) is 0 Å². The molecule has 18 heavy (non-hydrogen) atoms. The highest BCUT2D eigenvalue weighted by Crippen LogP contribution is 2.18. The zero-order valence-electron chi connectivity index (χ0n) is 10.0. The highest BCUT2D eigenvalue weighted by atomic mass is 32.2. The number of nitrogens with one attached hydrogen (secondary N) is 1. The molecule has 1 rings (SSSR count). The molecule has 2 N–H and O–H groups in total. The quantitative estimate of drug-likeness (QED) is 0.569. The van der Waals surface area contributed by atoms with E-state index in [1.165, 1.54) is 0 Å². The lowest BCUT2D eigenvalue weighted by atomic mass is 10.4. The minimum absolute atomic E-state index is 0.0379. The van der Waals surface area contributed by atoms with Gasteiger partial charge in [0.05, 0.1) is 16.8 Å². The van der Waals surface area contributed by atoms with Gasteiger partial charge in [0.25, 0.3) is 0 Å². The van der Waals surface area contributed by atoms with Crippen LogP contribution in [0, 0.1) is 0 Å². The van der Waals surface area contributed by atoms with Gasteiger partial charge in [-0.15, -0.1) is 0 Å². The lowest BCUT2D eigenvalue weighted by Gasteiger charge is -2.11. The monoisotopic (exact) mass is 317 g/mol. The number of hydrogen-bond donors (Lipinski definition) is 2. The first-order chi connectivity index (χ1) is 8.37. The maximum Gasteiger partial charge on any atom is 0.215 e. The summed E-state index contributed by atoms with van der Waals surface area (Å²) in [6.45, 7) is 0.438. The molecule has 1 unspecified atom stereocenters. The highest BCUT2D eigenvalue weighted by molar-refractivity contribution is 7.99. The topological polar surface area (TPSA) is 101 Å².